The molecule has 1 aromatic heterocycles. The molecule has 0 spiro atoms. The largest absolute Gasteiger partial charge is 0.379 e. The van der Waals surface area contributed by atoms with E-state index in [1.165, 1.54) is 10.4 Å². The summed E-state index contributed by atoms with van der Waals surface area (Å²) in [5.74, 6) is -0.459. The predicted molar refractivity (Wildman–Crippen MR) is 93.3 cm³/mol. The number of halogens is 1. The van der Waals surface area contributed by atoms with Crippen LogP contribution in [0.25, 0.3) is 0 Å². The maximum atomic E-state index is 12.8. The van der Waals surface area contributed by atoms with E-state index in [1.807, 2.05) is 0 Å². The van der Waals surface area contributed by atoms with Crippen LogP contribution >= 0.6 is 22.9 Å². The number of benzene rings is 1. The quantitative estimate of drug-likeness (QED) is 0.876. The van der Waals surface area contributed by atoms with Gasteiger partial charge < -0.3 is 10.1 Å². The average Bonchev–Trinajstić information content (AvgIpc) is 3.08. The maximum Gasteiger partial charge on any atom is 0.267 e. The van der Waals surface area contributed by atoms with E-state index in [4.69, 9.17) is 16.3 Å². The summed E-state index contributed by atoms with van der Waals surface area (Å²) in [4.78, 5) is 12.7. The van der Waals surface area contributed by atoms with Crippen molar-refractivity contribution >= 4 is 44.6 Å². The van der Waals surface area contributed by atoms with Gasteiger partial charge in [0.25, 0.3) is 5.91 Å². The summed E-state index contributed by atoms with van der Waals surface area (Å²) in [6, 6.07) is 8.08. The first-order valence-electron chi connectivity index (χ1n) is 7.21. The lowest BCUT2D eigenvalue weighted by Crippen LogP contribution is -2.41. The Kier molecular flexibility index (Phi) is 5.21. The van der Waals surface area contributed by atoms with Gasteiger partial charge in [0.1, 0.15) is 9.77 Å². The van der Waals surface area contributed by atoms with Crippen molar-refractivity contribution in [3.05, 3.63) is 45.6 Å². The molecule has 0 aliphatic carbocycles. The Bertz CT molecular complexity index is 827. The Morgan fingerprint density at radius 1 is 1.17 bits per heavy atom. The minimum atomic E-state index is -3.71. The molecule has 24 heavy (non-hydrogen) atoms. The summed E-state index contributed by atoms with van der Waals surface area (Å²) < 4.78 is 32.0. The first-order valence-corrected chi connectivity index (χ1v) is 9.90. The lowest BCUT2D eigenvalue weighted by atomic mass is 10.3. The number of hydrogen-bond donors (Lipinski definition) is 1. The molecule has 0 unspecified atom stereocenters. The van der Waals surface area contributed by atoms with Crippen LogP contribution in [0.15, 0.2) is 40.6 Å². The molecule has 1 saturated heterocycles. The zero-order valence-electron chi connectivity index (χ0n) is 12.6. The van der Waals surface area contributed by atoms with Crippen molar-refractivity contribution in [2.75, 3.05) is 31.6 Å². The summed E-state index contributed by atoms with van der Waals surface area (Å²) in [7, 11) is -3.71. The van der Waals surface area contributed by atoms with Gasteiger partial charge in [0.2, 0.25) is 10.0 Å². The molecule has 1 aliphatic heterocycles. The molecule has 0 saturated carbocycles. The molecule has 0 bridgehead atoms. The standard InChI is InChI=1S/C15H15ClN2O4S2/c16-11-1-3-12(4-2-11)17-15(19)14-13(5-10-23-14)24(20,21)18-6-8-22-9-7-18/h1-5,10H,6-9H2,(H,17,19). The summed E-state index contributed by atoms with van der Waals surface area (Å²) >= 11 is 6.91. The summed E-state index contributed by atoms with van der Waals surface area (Å²) in [5.41, 5.74) is 0.549. The second-order valence-corrected chi connectivity index (χ2v) is 8.35. The minimum Gasteiger partial charge on any atom is -0.379 e. The van der Waals surface area contributed by atoms with E-state index in [-0.39, 0.29) is 22.9 Å². The van der Waals surface area contributed by atoms with Gasteiger partial charge in [-0.2, -0.15) is 4.31 Å². The number of nitrogens with one attached hydrogen (secondary N) is 1. The third kappa shape index (κ3) is 3.62. The number of carbonyl (C=O) groups is 1. The van der Waals surface area contributed by atoms with E-state index in [2.05, 4.69) is 5.32 Å². The molecule has 1 fully saturated rings. The van der Waals surface area contributed by atoms with Gasteiger partial charge in [-0.3, -0.25) is 4.79 Å². The second-order valence-electron chi connectivity index (χ2n) is 5.09. The van der Waals surface area contributed by atoms with Gasteiger partial charge in [-0.05, 0) is 35.7 Å². The smallest absolute Gasteiger partial charge is 0.267 e. The van der Waals surface area contributed by atoms with Crippen molar-refractivity contribution in [2.45, 2.75) is 4.90 Å². The molecule has 2 heterocycles. The van der Waals surface area contributed by atoms with E-state index >= 15 is 0 Å². The third-order valence-corrected chi connectivity index (χ3v) is 6.76. The van der Waals surface area contributed by atoms with Crippen LogP contribution in [0.3, 0.4) is 0 Å². The van der Waals surface area contributed by atoms with Crippen LogP contribution in [0.1, 0.15) is 9.67 Å². The van der Waals surface area contributed by atoms with E-state index in [0.717, 1.165) is 11.3 Å². The zero-order valence-corrected chi connectivity index (χ0v) is 15.0. The topological polar surface area (TPSA) is 75.7 Å². The number of thiophene rings is 1. The zero-order chi connectivity index (χ0) is 17.2. The van der Waals surface area contributed by atoms with Crippen LogP contribution in [0.2, 0.25) is 5.02 Å². The number of ether oxygens (including phenoxy) is 1. The van der Waals surface area contributed by atoms with E-state index < -0.39 is 15.9 Å². The highest BCUT2D eigenvalue weighted by molar-refractivity contribution is 7.89. The fourth-order valence-electron chi connectivity index (χ4n) is 2.31. The highest BCUT2D eigenvalue weighted by Crippen LogP contribution is 2.27. The van der Waals surface area contributed by atoms with Crippen LogP contribution in [0.4, 0.5) is 5.69 Å². The van der Waals surface area contributed by atoms with E-state index in [0.29, 0.717) is 23.9 Å². The van der Waals surface area contributed by atoms with Gasteiger partial charge in [0, 0.05) is 23.8 Å². The van der Waals surface area contributed by atoms with Crippen LogP contribution < -0.4 is 5.32 Å². The summed E-state index contributed by atoms with van der Waals surface area (Å²) in [5, 5.41) is 4.85. The van der Waals surface area contributed by atoms with Gasteiger partial charge in [-0.1, -0.05) is 11.6 Å². The highest BCUT2D eigenvalue weighted by atomic mass is 35.5. The maximum absolute atomic E-state index is 12.8. The highest BCUT2D eigenvalue weighted by Gasteiger charge is 2.31. The first-order chi connectivity index (χ1) is 11.5. The van der Waals surface area contributed by atoms with Crippen LogP contribution in [0.5, 0.6) is 0 Å². The fraction of sp³-hybridized carbons (Fsp3) is 0.267. The van der Waals surface area contributed by atoms with Gasteiger partial charge in [0.15, 0.2) is 0 Å². The second kappa shape index (κ2) is 7.20. The molecule has 3 rings (SSSR count). The number of amides is 1. The molecule has 1 N–H and O–H groups in total. The average molecular weight is 387 g/mol. The number of hydrogen-bond acceptors (Lipinski definition) is 5. The van der Waals surface area contributed by atoms with Gasteiger partial charge >= 0.3 is 0 Å². The molecule has 6 nitrogen and oxygen atoms in total. The van der Waals surface area contributed by atoms with E-state index in [1.54, 1.807) is 29.6 Å². The van der Waals surface area contributed by atoms with Crippen molar-refractivity contribution in [2.24, 2.45) is 0 Å². The molecule has 1 amide bonds. The first kappa shape index (κ1) is 17.4. The van der Waals surface area contributed by atoms with Gasteiger partial charge in [0.05, 0.1) is 13.2 Å². The Balaban J connectivity index is 1.84. The van der Waals surface area contributed by atoms with Crippen LogP contribution in [0, 0.1) is 0 Å². The number of nitrogens with zero attached hydrogens (tertiary/aromatic N) is 1. The number of morpholine rings is 1. The molecule has 9 heteroatoms. The summed E-state index contributed by atoms with van der Waals surface area (Å²) in [6.45, 7) is 1.29. The van der Waals surface area contributed by atoms with Crippen molar-refractivity contribution in [1.82, 2.24) is 4.31 Å². The number of sulfonamides is 1. The Hall–Kier alpha value is -1.45. The number of anilines is 1. The van der Waals surface area contributed by atoms with Crippen molar-refractivity contribution in [1.29, 1.82) is 0 Å². The molecule has 128 valence electrons. The molecule has 0 radical (unpaired) electrons. The predicted octanol–water partition coefficient (Wildman–Crippen LogP) is 2.67. The fourth-order valence-corrected chi connectivity index (χ4v) is 5.14. The Labute approximate surface area is 149 Å². The molecule has 0 atom stereocenters. The molecule has 2 aromatic rings. The van der Waals surface area contributed by atoms with Crippen molar-refractivity contribution in [3.8, 4) is 0 Å². The van der Waals surface area contributed by atoms with Gasteiger partial charge in [-0.25, -0.2) is 8.42 Å². The Morgan fingerprint density at radius 3 is 2.50 bits per heavy atom. The molecular weight excluding hydrogens is 372 g/mol. The van der Waals surface area contributed by atoms with E-state index in [9.17, 15) is 13.2 Å². The number of carbonyl (C=O) groups excluding carboxylic acids is 1. The SMILES string of the molecule is O=C(Nc1ccc(Cl)cc1)c1sccc1S(=O)(=O)N1CCOCC1. The van der Waals surface area contributed by atoms with Crippen molar-refractivity contribution in [3.63, 3.8) is 0 Å². The molecule has 1 aliphatic rings. The molecular formula is C15H15ClN2O4S2. The third-order valence-electron chi connectivity index (χ3n) is 3.53. The van der Waals surface area contributed by atoms with Crippen LogP contribution in [-0.4, -0.2) is 44.9 Å². The number of rotatable bonds is 4. The monoisotopic (exact) mass is 386 g/mol. The van der Waals surface area contributed by atoms with Crippen LogP contribution in [-0.2, 0) is 14.8 Å². The summed E-state index contributed by atoms with van der Waals surface area (Å²) in [6.07, 6.45) is 0. The molecule has 1 aromatic carbocycles. The lowest BCUT2D eigenvalue weighted by molar-refractivity contribution is 0.0730. The minimum absolute atomic E-state index is 0.0286. The normalized spacial score (nSPS) is 16.0. The Morgan fingerprint density at radius 2 is 1.83 bits per heavy atom. The van der Waals surface area contributed by atoms with Crippen molar-refractivity contribution < 1.29 is 17.9 Å². The lowest BCUT2D eigenvalue weighted by Gasteiger charge is -2.26. The van der Waals surface area contributed by atoms with Gasteiger partial charge in [-0.15, -0.1) is 11.3 Å².